The summed E-state index contributed by atoms with van der Waals surface area (Å²) in [4.78, 5) is 3.85. The first kappa shape index (κ1) is 13.4. The van der Waals surface area contributed by atoms with Crippen LogP contribution in [0.1, 0.15) is 18.6 Å². The van der Waals surface area contributed by atoms with Crippen molar-refractivity contribution in [1.29, 1.82) is 0 Å². The van der Waals surface area contributed by atoms with E-state index in [0.29, 0.717) is 5.56 Å². The van der Waals surface area contributed by atoms with Crippen LogP contribution in [0.4, 0.5) is 14.6 Å². The van der Waals surface area contributed by atoms with Gasteiger partial charge in [-0.05, 0) is 36.8 Å². The number of aliphatic hydroxyl groups is 1. The molecule has 0 amide bonds. The number of rotatable bonds is 4. The number of aromatic nitrogens is 1. The van der Waals surface area contributed by atoms with Crippen LogP contribution in [0.3, 0.4) is 0 Å². The zero-order valence-corrected chi connectivity index (χ0v) is 10.3. The Hall–Kier alpha value is -2.01. The molecule has 19 heavy (non-hydrogen) atoms. The second kappa shape index (κ2) is 5.75. The van der Waals surface area contributed by atoms with Crippen molar-refractivity contribution in [3.05, 3.63) is 59.8 Å². The minimum atomic E-state index is -0.887. The van der Waals surface area contributed by atoms with Gasteiger partial charge in [0.1, 0.15) is 5.82 Å². The number of benzene rings is 1. The largest absolute Gasteiger partial charge is 0.386 e. The number of nitrogens with one attached hydrogen (secondary N) is 1. The number of nitrogens with zero attached hydrogens (tertiary/aromatic N) is 1. The zero-order chi connectivity index (χ0) is 13.8. The van der Waals surface area contributed by atoms with Gasteiger partial charge in [-0.2, -0.15) is 0 Å². The molecular formula is C14H14F2N2O. The van der Waals surface area contributed by atoms with E-state index < -0.39 is 18.0 Å². The third kappa shape index (κ3) is 3.26. The van der Waals surface area contributed by atoms with Gasteiger partial charge in [0.25, 0.3) is 0 Å². The van der Waals surface area contributed by atoms with Crippen molar-refractivity contribution in [2.24, 2.45) is 0 Å². The van der Waals surface area contributed by atoms with E-state index in [1.165, 1.54) is 42.6 Å². The molecule has 0 spiro atoms. The molecule has 3 nitrogen and oxygen atoms in total. The summed E-state index contributed by atoms with van der Waals surface area (Å²) in [7, 11) is 0. The van der Waals surface area contributed by atoms with Crippen molar-refractivity contribution >= 4 is 5.82 Å². The van der Waals surface area contributed by atoms with Crippen molar-refractivity contribution in [2.75, 3.05) is 5.32 Å². The summed E-state index contributed by atoms with van der Waals surface area (Å²) in [5.74, 6) is -0.774. The Morgan fingerprint density at radius 1 is 1.16 bits per heavy atom. The van der Waals surface area contributed by atoms with Gasteiger partial charge in [0, 0.05) is 6.20 Å². The van der Waals surface area contributed by atoms with Gasteiger partial charge in [-0.3, -0.25) is 0 Å². The first-order chi connectivity index (χ1) is 9.08. The summed E-state index contributed by atoms with van der Waals surface area (Å²) in [6.07, 6.45) is 0.574. The molecule has 1 aromatic carbocycles. The van der Waals surface area contributed by atoms with Crippen LogP contribution < -0.4 is 5.32 Å². The van der Waals surface area contributed by atoms with Crippen LogP contribution in [0.25, 0.3) is 0 Å². The molecule has 0 unspecified atom stereocenters. The molecule has 1 heterocycles. The van der Waals surface area contributed by atoms with Crippen LogP contribution >= 0.6 is 0 Å². The van der Waals surface area contributed by atoms with Gasteiger partial charge in [-0.1, -0.05) is 12.1 Å². The summed E-state index contributed by atoms with van der Waals surface area (Å²) in [5, 5.41) is 12.9. The van der Waals surface area contributed by atoms with Gasteiger partial charge in [0.2, 0.25) is 0 Å². The molecule has 0 aliphatic rings. The molecule has 0 aliphatic heterocycles. The van der Waals surface area contributed by atoms with Gasteiger partial charge < -0.3 is 10.4 Å². The first-order valence-electron chi connectivity index (χ1n) is 5.88. The van der Waals surface area contributed by atoms with Gasteiger partial charge >= 0.3 is 0 Å². The highest BCUT2D eigenvalue weighted by Crippen LogP contribution is 2.20. The van der Waals surface area contributed by atoms with Crippen molar-refractivity contribution in [1.82, 2.24) is 4.98 Å². The molecule has 0 aliphatic carbocycles. The number of aliphatic hydroxyl groups excluding tert-OH is 1. The zero-order valence-electron chi connectivity index (χ0n) is 10.3. The lowest BCUT2D eigenvalue weighted by Gasteiger charge is -2.21. The molecule has 100 valence electrons. The van der Waals surface area contributed by atoms with E-state index in [2.05, 4.69) is 10.3 Å². The van der Waals surface area contributed by atoms with Crippen molar-refractivity contribution < 1.29 is 13.9 Å². The number of pyridine rings is 1. The van der Waals surface area contributed by atoms with Crippen LogP contribution in [-0.4, -0.2) is 16.1 Å². The van der Waals surface area contributed by atoms with Gasteiger partial charge in [-0.25, -0.2) is 13.8 Å². The number of halogens is 2. The van der Waals surface area contributed by atoms with Gasteiger partial charge in [0.05, 0.1) is 12.1 Å². The van der Waals surface area contributed by atoms with Crippen LogP contribution in [0.5, 0.6) is 0 Å². The van der Waals surface area contributed by atoms with E-state index in [1.807, 2.05) is 0 Å². The lowest BCUT2D eigenvalue weighted by Crippen LogP contribution is -2.25. The van der Waals surface area contributed by atoms with E-state index in [1.54, 1.807) is 6.92 Å². The van der Waals surface area contributed by atoms with Crippen molar-refractivity contribution in [3.63, 3.8) is 0 Å². The Labute approximate surface area is 109 Å². The molecular weight excluding hydrogens is 250 g/mol. The molecule has 1 aromatic heterocycles. The van der Waals surface area contributed by atoms with Crippen LogP contribution in [0.15, 0.2) is 42.6 Å². The monoisotopic (exact) mass is 264 g/mol. The fourth-order valence-corrected chi connectivity index (χ4v) is 1.74. The molecule has 0 saturated heterocycles. The van der Waals surface area contributed by atoms with Gasteiger partial charge in [0.15, 0.2) is 11.6 Å². The molecule has 0 saturated carbocycles. The summed E-state index contributed by atoms with van der Waals surface area (Å²) in [6, 6.07) is 7.84. The smallest absolute Gasteiger partial charge is 0.165 e. The summed E-state index contributed by atoms with van der Waals surface area (Å²) in [5.41, 5.74) is 0.553. The molecule has 0 radical (unpaired) electrons. The lowest BCUT2D eigenvalue weighted by atomic mass is 10.0. The Balaban J connectivity index is 2.09. The van der Waals surface area contributed by atoms with Crippen molar-refractivity contribution in [2.45, 2.75) is 19.1 Å². The van der Waals surface area contributed by atoms with E-state index in [-0.39, 0.29) is 11.6 Å². The van der Waals surface area contributed by atoms with Crippen LogP contribution in [0.2, 0.25) is 0 Å². The normalized spacial score (nSPS) is 13.9. The second-order valence-electron chi connectivity index (χ2n) is 4.26. The summed E-state index contributed by atoms with van der Waals surface area (Å²) in [6.45, 7) is 1.70. The maximum Gasteiger partial charge on any atom is 0.165 e. The Morgan fingerprint density at radius 3 is 2.47 bits per heavy atom. The van der Waals surface area contributed by atoms with Crippen LogP contribution in [-0.2, 0) is 0 Å². The predicted molar refractivity (Wildman–Crippen MR) is 68.6 cm³/mol. The molecule has 5 heteroatoms. The fourth-order valence-electron chi connectivity index (χ4n) is 1.74. The number of hydrogen-bond acceptors (Lipinski definition) is 3. The van der Waals surface area contributed by atoms with Gasteiger partial charge in [-0.15, -0.1) is 0 Å². The topological polar surface area (TPSA) is 45.2 Å². The fraction of sp³-hybridized carbons (Fsp3) is 0.214. The number of hydrogen-bond donors (Lipinski definition) is 2. The highest BCUT2D eigenvalue weighted by atomic mass is 19.1. The Kier molecular flexibility index (Phi) is 4.06. The Bertz CT molecular complexity index is 545. The van der Waals surface area contributed by atoms with Crippen molar-refractivity contribution in [3.8, 4) is 0 Å². The second-order valence-corrected chi connectivity index (χ2v) is 4.26. The van der Waals surface area contributed by atoms with E-state index >= 15 is 0 Å². The lowest BCUT2D eigenvalue weighted by molar-refractivity contribution is 0.160. The quantitative estimate of drug-likeness (QED) is 0.892. The SMILES string of the molecule is C[C@H](Nc1ncccc1F)[C@@H](O)c1ccc(F)cc1. The molecule has 0 fully saturated rings. The minimum absolute atomic E-state index is 0.0798. The molecule has 2 rings (SSSR count). The maximum absolute atomic E-state index is 13.4. The van der Waals surface area contributed by atoms with Crippen LogP contribution in [0, 0.1) is 11.6 Å². The average molecular weight is 264 g/mol. The maximum atomic E-state index is 13.4. The third-order valence-electron chi connectivity index (χ3n) is 2.81. The molecule has 2 N–H and O–H groups in total. The summed E-state index contributed by atoms with van der Waals surface area (Å²) >= 11 is 0. The first-order valence-corrected chi connectivity index (χ1v) is 5.88. The highest BCUT2D eigenvalue weighted by molar-refractivity contribution is 5.37. The number of anilines is 1. The molecule has 2 aromatic rings. The van der Waals surface area contributed by atoms with E-state index in [0.717, 1.165) is 0 Å². The highest BCUT2D eigenvalue weighted by Gasteiger charge is 2.17. The van der Waals surface area contributed by atoms with E-state index in [9.17, 15) is 13.9 Å². The Morgan fingerprint density at radius 2 is 1.84 bits per heavy atom. The third-order valence-corrected chi connectivity index (χ3v) is 2.81. The summed E-state index contributed by atoms with van der Waals surface area (Å²) < 4.78 is 26.2. The predicted octanol–water partition coefficient (Wildman–Crippen LogP) is 2.89. The van der Waals surface area contributed by atoms with E-state index in [4.69, 9.17) is 0 Å². The average Bonchev–Trinajstić information content (AvgIpc) is 2.41. The minimum Gasteiger partial charge on any atom is -0.386 e. The standard InChI is InChI=1S/C14H14F2N2O/c1-9(18-14-12(16)3-2-8-17-14)13(19)10-4-6-11(15)7-5-10/h2-9,13,19H,1H3,(H,17,18)/t9-,13+/m0/s1. The molecule has 0 bridgehead atoms. The molecule has 2 atom stereocenters.